The van der Waals surface area contributed by atoms with Crippen molar-refractivity contribution in [3.05, 3.63) is 66.4 Å². The summed E-state index contributed by atoms with van der Waals surface area (Å²) in [6.45, 7) is 1.05. The number of rotatable bonds is 4. The maximum atomic E-state index is 12.7. The number of sulfone groups is 1. The van der Waals surface area contributed by atoms with Crippen molar-refractivity contribution < 1.29 is 13.2 Å². The van der Waals surface area contributed by atoms with Crippen LogP contribution in [0.4, 0.5) is 0 Å². The Kier molecular flexibility index (Phi) is 5.54. The molecular formula is C21H21N5O3S. The van der Waals surface area contributed by atoms with E-state index in [0.717, 1.165) is 6.26 Å². The Labute approximate surface area is 175 Å². The number of hydrogen-bond acceptors (Lipinski definition) is 7. The number of piperidine rings is 1. The van der Waals surface area contributed by atoms with E-state index in [1.807, 2.05) is 6.07 Å². The lowest BCUT2D eigenvalue weighted by Gasteiger charge is -2.32. The van der Waals surface area contributed by atoms with E-state index in [1.54, 1.807) is 47.8 Å². The summed E-state index contributed by atoms with van der Waals surface area (Å²) < 4.78 is 24.7. The van der Waals surface area contributed by atoms with Crippen LogP contribution >= 0.6 is 0 Å². The van der Waals surface area contributed by atoms with Crippen molar-refractivity contribution in [3.63, 3.8) is 0 Å². The fourth-order valence-electron chi connectivity index (χ4n) is 3.61. The Balaban J connectivity index is 1.60. The smallest absolute Gasteiger partial charge is 0.253 e. The molecule has 1 saturated heterocycles. The first kappa shape index (κ1) is 20.1. The fourth-order valence-corrected chi connectivity index (χ4v) is 4.45. The van der Waals surface area contributed by atoms with Crippen molar-refractivity contribution in [2.75, 3.05) is 19.3 Å². The third-order valence-electron chi connectivity index (χ3n) is 5.17. The van der Waals surface area contributed by atoms with E-state index in [4.69, 9.17) is 0 Å². The summed E-state index contributed by atoms with van der Waals surface area (Å²) in [5.74, 6) is 0.269. The van der Waals surface area contributed by atoms with Crippen LogP contribution in [0.5, 0.6) is 0 Å². The van der Waals surface area contributed by atoms with Crippen LogP contribution in [-0.4, -0.2) is 58.5 Å². The number of carbonyl (C=O) groups is 1. The van der Waals surface area contributed by atoms with Crippen molar-refractivity contribution in [2.45, 2.75) is 23.7 Å². The van der Waals surface area contributed by atoms with Crippen LogP contribution < -0.4 is 0 Å². The predicted octanol–water partition coefficient (Wildman–Crippen LogP) is 2.36. The summed E-state index contributed by atoms with van der Waals surface area (Å²) in [7, 11) is -3.49. The molecule has 30 heavy (non-hydrogen) atoms. The quantitative estimate of drug-likeness (QED) is 0.634. The number of aromatic nitrogens is 4. The lowest BCUT2D eigenvalue weighted by molar-refractivity contribution is 0.0711. The summed E-state index contributed by atoms with van der Waals surface area (Å²) in [6.07, 6.45) is 8.62. The van der Waals surface area contributed by atoms with Gasteiger partial charge in [-0.15, -0.1) is 0 Å². The molecule has 0 atom stereocenters. The fraction of sp³-hybridized carbons (Fsp3) is 0.286. The summed E-state index contributed by atoms with van der Waals surface area (Å²) in [5, 5.41) is 0. The molecule has 4 heterocycles. The van der Waals surface area contributed by atoms with E-state index in [2.05, 4.69) is 19.9 Å². The highest BCUT2D eigenvalue weighted by Crippen LogP contribution is 2.32. The van der Waals surface area contributed by atoms with Gasteiger partial charge in [-0.05, 0) is 37.1 Å². The molecule has 0 N–H and O–H groups in total. The minimum absolute atomic E-state index is 0.0453. The third kappa shape index (κ3) is 4.20. The predicted molar refractivity (Wildman–Crippen MR) is 110 cm³/mol. The molecule has 0 bridgehead atoms. The Morgan fingerprint density at radius 3 is 2.40 bits per heavy atom. The van der Waals surface area contributed by atoms with E-state index < -0.39 is 9.84 Å². The average Bonchev–Trinajstić information content (AvgIpc) is 2.79. The highest BCUT2D eigenvalue weighted by atomic mass is 32.2. The van der Waals surface area contributed by atoms with Crippen LogP contribution in [0.1, 0.15) is 34.8 Å². The second-order valence-corrected chi connectivity index (χ2v) is 9.22. The van der Waals surface area contributed by atoms with E-state index in [0.29, 0.717) is 48.7 Å². The van der Waals surface area contributed by atoms with Crippen LogP contribution in [0.25, 0.3) is 11.5 Å². The molecule has 0 unspecified atom stereocenters. The van der Waals surface area contributed by atoms with Crippen LogP contribution in [0.15, 0.2) is 60.0 Å². The third-order valence-corrected chi connectivity index (χ3v) is 6.29. The van der Waals surface area contributed by atoms with Gasteiger partial charge in [0.05, 0.1) is 5.69 Å². The molecule has 1 fully saturated rings. The van der Waals surface area contributed by atoms with Crippen LogP contribution in [0, 0.1) is 0 Å². The SMILES string of the molecule is CS(=O)(=O)c1cnc(-c2ccccn2)nc1C1CCN(C(=O)c2ccncc2)CC1. The van der Waals surface area contributed by atoms with E-state index in [9.17, 15) is 13.2 Å². The van der Waals surface area contributed by atoms with Gasteiger partial charge in [0.25, 0.3) is 5.91 Å². The normalized spacial score (nSPS) is 15.2. The van der Waals surface area contributed by atoms with Gasteiger partial charge in [0.2, 0.25) is 0 Å². The number of pyridine rings is 2. The molecule has 1 aliphatic rings. The van der Waals surface area contributed by atoms with E-state index in [1.165, 1.54) is 6.20 Å². The monoisotopic (exact) mass is 423 g/mol. The molecule has 0 aliphatic carbocycles. The van der Waals surface area contributed by atoms with Gasteiger partial charge >= 0.3 is 0 Å². The molecule has 0 aromatic carbocycles. The zero-order chi connectivity index (χ0) is 21.1. The Morgan fingerprint density at radius 1 is 1.03 bits per heavy atom. The number of nitrogens with zero attached hydrogens (tertiary/aromatic N) is 5. The molecule has 0 spiro atoms. The molecule has 3 aromatic rings. The van der Waals surface area contributed by atoms with Gasteiger partial charge in [-0.1, -0.05) is 6.07 Å². The molecule has 154 valence electrons. The minimum atomic E-state index is -3.49. The standard InChI is InChI=1S/C21H21N5O3S/c1-30(28,29)18-14-24-20(17-4-2-3-9-23-17)25-19(18)15-7-12-26(13-8-15)21(27)16-5-10-22-11-6-16/h2-6,9-11,14-15H,7-8,12-13H2,1H3. The summed E-state index contributed by atoms with van der Waals surface area (Å²) >= 11 is 0. The maximum absolute atomic E-state index is 12.7. The highest BCUT2D eigenvalue weighted by molar-refractivity contribution is 7.90. The Bertz CT molecular complexity index is 1150. The van der Waals surface area contributed by atoms with Crippen LogP contribution in [0.3, 0.4) is 0 Å². The number of amides is 1. The van der Waals surface area contributed by atoms with Gasteiger partial charge in [-0.25, -0.2) is 18.4 Å². The summed E-state index contributed by atoms with van der Waals surface area (Å²) in [5.41, 5.74) is 1.69. The largest absolute Gasteiger partial charge is 0.339 e. The molecule has 1 amide bonds. The van der Waals surface area contributed by atoms with Gasteiger partial charge in [-0.3, -0.25) is 14.8 Å². The van der Waals surface area contributed by atoms with E-state index >= 15 is 0 Å². The van der Waals surface area contributed by atoms with Crippen molar-refractivity contribution in [2.24, 2.45) is 0 Å². The minimum Gasteiger partial charge on any atom is -0.339 e. The first-order valence-electron chi connectivity index (χ1n) is 9.61. The lowest BCUT2D eigenvalue weighted by atomic mass is 9.92. The molecule has 8 nitrogen and oxygen atoms in total. The van der Waals surface area contributed by atoms with Crippen molar-refractivity contribution in [1.82, 2.24) is 24.8 Å². The van der Waals surface area contributed by atoms with Crippen LogP contribution in [0.2, 0.25) is 0 Å². The second-order valence-electron chi connectivity index (χ2n) is 7.23. The number of carbonyl (C=O) groups excluding carboxylic acids is 1. The molecule has 0 radical (unpaired) electrons. The second kappa shape index (κ2) is 8.27. The Morgan fingerprint density at radius 2 is 1.77 bits per heavy atom. The van der Waals surface area contributed by atoms with Gasteiger partial charge in [0.15, 0.2) is 15.7 Å². The molecule has 4 rings (SSSR count). The zero-order valence-electron chi connectivity index (χ0n) is 16.5. The van der Waals surface area contributed by atoms with Gasteiger partial charge in [-0.2, -0.15) is 0 Å². The molecular weight excluding hydrogens is 402 g/mol. The van der Waals surface area contributed by atoms with E-state index in [-0.39, 0.29) is 16.7 Å². The topological polar surface area (TPSA) is 106 Å². The molecule has 0 saturated carbocycles. The molecule has 9 heteroatoms. The molecule has 3 aromatic heterocycles. The molecule has 1 aliphatic heterocycles. The van der Waals surface area contributed by atoms with Gasteiger partial charge in [0, 0.05) is 55.6 Å². The first-order chi connectivity index (χ1) is 14.4. The highest BCUT2D eigenvalue weighted by Gasteiger charge is 2.29. The lowest BCUT2D eigenvalue weighted by Crippen LogP contribution is -2.38. The zero-order valence-corrected chi connectivity index (χ0v) is 17.3. The Hall–Kier alpha value is -3.20. The first-order valence-corrected chi connectivity index (χ1v) is 11.5. The summed E-state index contributed by atoms with van der Waals surface area (Å²) in [4.78, 5) is 31.6. The maximum Gasteiger partial charge on any atom is 0.253 e. The van der Waals surface area contributed by atoms with Gasteiger partial charge < -0.3 is 4.90 Å². The average molecular weight is 423 g/mol. The van der Waals surface area contributed by atoms with Gasteiger partial charge in [0.1, 0.15) is 10.6 Å². The van der Waals surface area contributed by atoms with Crippen molar-refractivity contribution in [1.29, 1.82) is 0 Å². The van der Waals surface area contributed by atoms with Crippen LogP contribution in [-0.2, 0) is 9.84 Å². The number of hydrogen-bond donors (Lipinski definition) is 0. The summed E-state index contributed by atoms with van der Waals surface area (Å²) in [6, 6.07) is 8.80. The van der Waals surface area contributed by atoms with Crippen molar-refractivity contribution >= 4 is 15.7 Å². The van der Waals surface area contributed by atoms with Crippen molar-refractivity contribution in [3.8, 4) is 11.5 Å². The number of likely N-dealkylation sites (tertiary alicyclic amines) is 1.